The van der Waals surface area contributed by atoms with Gasteiger partial charge in [-0.2, -0.15) is 0 Å². The highest BCUT2D eigenvalue weighted by molar-refractivity contribution is 4.82. The van der Waals surface area contributed by atoms with Gasteiger partial charge in [0.2, 0.25) is 0 Å². The summed E-state index contributed by atoms with van der Waals surface area (Å²) in [5, 5.41) is 8.83. The zero-order valence-electron chi connectivity index (χ0n) is 8.91. The minimum Gasteiger partial charge on any atom is -0.395 e. The van der Waals surface area contributed by atoms with E-state index >= 15 is 0 Å². The fourth-order valence-electron chi connectivity index (χ4n) is 2.26. The smallest absolute Gasteiger partial charge is 0.251 e. The molecule has 1 saturated carbocycles. The van der Waals surface area contributed by atoms with Gasteiger partial charge in [0.1, 0.15) is 0 Å². The van der Waals surface area contributed by atoms with Crippen molar-refractivity contribution in [1.82, 2.24) is 4.90 Å². The third-order valence-electron chi connectivity index (χ3n) is 2.96. The molecule has 0 aliphatic heterocycles. The van der Waals surface area contributed by atoms with Crippen molar-refractivity contribution in [3.63, 3.8) is 0 Å². The monoisotopic (exact) mass is 222 g/mol. The van der Waals surface area contributed by atoms with Crippen molar-refractivity contribution in [3.8, 4) is 0 Å². The largest absolute Gasteiger partial charge is 0.395 e. The zero-order chi connectivity index (χ0) is 11.3. The molecule has 0 amide bonds. The first-order chi connectivity index (χ1) is 7.13. The summed E-state index contributed by atoms with van der Waals surface area (Å²) < 4.78 is 24.6. The Balaban J connectivity index is 2.45. The average Bonchev–Trinajstić information content (AvgIpc) is 2.16. The Morgan fingerprint density at radius 2 is 2.13 bits per heavy atom. The lowest BCUT2D eigenvalue weighted by Crippen LogP contribution is -2.45. The lowest BCUT2D eigenvalue weighted by molar-refractivity contribution is 0.0417. The van der Waals surface area contributed by atoms with Crippen LogP contribution in [0.2, 0.25) is 0 Å². The van der Waals surface area contributed by atoms with Crippen LogP contribution < -0.4 is 5.73 Å². The van der Waals surface area contributed by atoms with Crippen LogP contribution in [-0.4, -0.2) is 48.2 Å². The number of alkyl halides is 2. The highest BCUT2D eigenvalue weighted by atomic mass is 19.3. The van der Waals surface area contributed by atoms with Crippen LogP contribution in [0, 0.1) is 0 Å². The van der Waals surface area contributed by atoms with E-state index in [0.717, 1.165) is 25.7 Å². The summed E-state index contributed by atoms with van der Waals surface area (Å²) >= 11 is 0. The molecular weight excluding hydrogens is 202 g/mol. The molecule has 0 radical (unpaired) electrons. The summed E-state index contributed by atoms with van der Waals surface area (Å²) in [6, 6.07) is 0.248. The molecule has 0 aromatic heterocycles. The van der Waals surface area contributed by atoms with Crippen LogP contribution in [0.3, 0.4) is 0 Å². The maximum atomic E-state index is 12.3. The highest BCUT2D eigenvalue weighted by Crippen LogP contribution is 2.22. The first-order valence-electron chi connectivity index (χ1n) is 5.52. The van der Waals surface area contributed by atoms with E-state index in [-0.39, 0.29) is 25.2 Å². The second-order valence-electron chi connectivity index (χ2n) is 4.19. The van der Waals surface area contributed by atoms with Crippen molar-refractivity contribution in [1.29, 1.82) is 0 Å². The molecule has 0 spiro atoms. The molecule has 3 nitrogen and oxygen atoms in total. The summed E-state index contributed by atoms with van der Waals surface area (Å²) in [6.07, 6.45) is 1.33. The maximum Gasteiger partial charge on any atom is 0.251 e. The Hall–Kier alpha value is -0.260. The van der Waals surface area contributed by atoms with Crippen LogP contribution in [0.4, 0.5) is 8.78 Å². The fraction of sp³-hybridized carbons (Fsp3) is 1.00. The number of rotatable bonds is 5. The van der Waals surface area contributed by atoms with Gasteiger partial charge in [-0.3, -0.25) is 4.90 Å². The van der Waals surface area contributed by atoms with Crippen molar-refractivity contribution in [2.24, 2.45) is 5.73 Å². The van der Waals surface area contributed by atoms with E-state index in [2.05, 4.69) is 0 Å². The standard InChI is InChI=1S/C10H20F2N2O/c11-10(12)7-14(4-5-15)9-3-1-2-8(13)6-9/h8-10,15H,1-7,13H2. The Morgan fingerprint density at radius 1 is 1.40 bits per heavy atom. The zero-order valence-corrected chi connectivity index (χ0v) is 8.91. The quantitative estimate of drug-likeness (QED) is 0.724. The Kier molecular flexibility index (Phi) is 5.42. The second kappa shape index (κ2) is 6.35. The number of aliphatic hydroxyl groups is 1. The van der Waals surface area contributed by atoms with E-state index in [1.165, 1.54) is 0 Å². The summed E-state index contributed by atoms with van der Waals surface area (Å²) in [7, 11) is 0. The van der Waals surface area contributed by atoms with Gasteiger partial charge in [0, 0.05) is 18.6 Å². The second-order valence-corrected chi connectivity index (χ2v) is 4.19. The van der Waals surface area contributed by atoms with Crippen molar-refractivity contribution >= 4 is 0 Å². The topological polar surface area (TPSA) is 49.5 Å². The molecule has 5 heteroatoms. The summed E-state index contributed by atoms with van der Waals surface area (Å²) in [5.74, 6) is 0. The maximum absolute atomic E-state index is 12.3. The molecule has 0 aromatic rings. The van der Waals surface area contributed by atoms with Gasteiger partial charge in [-0.25, -0.2) is 8.78 Å². The molecule has 1 aliphatic rings. The molecule has 2 unspecified atom stereocenters. The van der Waals surface area contributed by atoms with Crippen LogP contribution in [-0.2, 0) is 0 Å². The Morgan fingerprint density at radius 3 is 2.67 bits per heavy atom. The predicted molar refractivity (Wildman–Crippen MR) is 54.9 cm³/mol. The number of nitrogens with two attached hydrogens (primary N) is 1. The molecule has 1 rings (SSSR count). The molecule has 2 atom stereocenters. The van der Waals surface area contributed by atoms with Gasteiger partial charge in [0.05, 0.1) is 13.2 Å². The fourth-order valence-corrected chi connectivity index (χ4v) is 2.26. The third kappa shape index (κ3) is 4.40. The van der Waals surface area contributed by atoms with E-state index in [1.807, 2.05) is 0 Å². The van der Waals surface area contributed by atoms with Crippen molar-refractivity contribution < 1.29 is 13.9 Å². The molecule has 15 heavy (non-hydrogen) atoms. The van der Waals surface area contributed by atoms with E-state index in [9.17, 15) is 8.78 Å². The third-order valence-corrected chi connectivity index (χ3v) is 2.96. The first-order valence-corrected chi connectivity index (χ1v) is 5.52. The lowest BCUT2D eigenvalue weighted by Gasteiger charge is -2.36. The molecule has 1 fully saturated rings. The molecule has 3 N–H and O–H groups in total. The predicted octanol–water partition coefficient (Wildman–Crippen LogP) is 0.816. The molecule has 0 heterocycles. The minimum absolute atomic E-state index is 0.0710. The highest BCUT2D eigenvalue weighted by Gasteiger charge is 2.26. The van der Waals surface area contributed by atoms with Crippen LogP contribution in [0.1, 0.15) is 25.7 Å². The van der Waals surface area contributed by atoms with E-state index < -0.39 is 6.43 Å². The minimum atomic E-state index is -2.34. The first kappa shape index (κ1) is 12.8. The normalized spacial score (nSPS) is 27.6. The van der Waals surface area contributed by atoms with E-state index in [1.54, 1.807) is 4.90 Å². The number of halogens is 2. The number of aliphatic hydroxyl groups excluding tert-OH is 1. The van der Waals surface area contributed by atoms with Crippen molar-refractivity contribution in [2.75, 3.05) is 19.7 Å². The molecule has 1 aliphatic carbocycles. The number of hydrogen-bond acceptors (Lipinski definition) is 3. The van der Waals surface area contributed by atoms with Crippen LogP contribution in [0.15, 0.2) is 0 Å². The van der Waals surface area contributed by atoms with E-state index in [0.29, 0.717) is 6.54 Å². The van der Waals surface area contributed by atoms with Gasteiger partial charge in [0.25, 0.3) is 6.43 Å². The van der Waals surface area contributed by atoms with Gasteiger partial charge >= 0.3 is 0 Å². The van der Waals surface area contributed by atoms with Crippen molar-refractivity contribution in [3.05, 3.63) is 0 Å². The van der Waals surface area contributed by atoms with Crippen LogP contribution in [0.5, 0.6) is 0 Å². The molecule has 0 aromatic carbocycles. The van der Waals surface area contributed by atoms with Gasteiger partial charge in [-0.05, 0) is 19.3 Å². The molecule has 90 valence electrons. The SMILES string of the molecule is NC1CCCC(N(CCO)CC(F)F)C1. The Bertz CT molecular complexity index is 181. The lowest BCUT2D eigenvalue weighted by atomic mass is 9.90. The van der Waals surface area contributed by atoms with Crippen molar-refractivity contribution in [2.45, 2.75) is 44.2 Å². The van der Waals surface area contributed by atoms with Gasteiger partial charge < -0.3 is 10.8 Å². The summed E-state index contributed by atoms with van der Waals surface area (Å²) in [5.41, 5.74) is 5.81. The van der Waals surface area contributed by atoms with Crippen LogP contribution >= 0.6 is 0 Å². The van der Waals surface area contributed by atoms with E-state index in [4.69, 9.17) is 10.8 Å². The molecular formula is C10H20F2N2O. The molecule has 0 saturated heterocycles. The van der Waals surface area contributed by atoms with Gasteiger partial charge in [-0.1, -0.05) is 6.42 Å². The summed E-state index contributed by atoms with van der Waals surface area (Å²) in [4.78, 5) is 1.67. The van der Waals surface area contributed by atoms with Gasteiger partial charge in [-0.15, -0.1) is 0 Å². The summed E-state index contributed by atoms with van der Waals surface area (Å²) in [6.45, 7) is -0.00185. The van der Waals surface area contributed by atoms with Crippen LogP contribution in [0.25, 0.3) is 0 Å². The van der Waals surface area contributed by atoms with Gasteiger partial charge in [0.15, 0.2) is 0 Å². The average molecular weight is 222 g/mol. The number of hydrogen-bond donors (Lipinski definition) is 2. The Labute approximate surface area is 89.2 Å². The molecule has 0 bridgehead atoms. The number of nitrogens with zero attached hydrogens (tertiary/aromatic N) is 1.